The van der Waals surface area contributed by atoms with E-state index in [1.165, 1.54) is 11.1 Å². The van der Waals surface area contributed by atoms with E-state index in [2.05, 4.69) is 57.0 Å². The van der Waals surface area contributed by atoms with Crippen molar-refractivity contribution >= 4 is 11.7 Å². The summed E-state index contributed by atoms with van der Waals surface area (Å²) in [5.41, 5.74) is 3.37. The van der Waals surface area contributed by atoms with Gasteiger partial charge in [0.1, 0.15) is 0 Å². The van der Waals surface area contributed by atoms with Gasteiger partial charge in [0.2, 0.25) is 0 Å². The summed E-state index contributed by atoms with van der Waals surface area (Å²) in [5.74, 6) is 1.01. The van der Waals surface area contributed by atoms with E-state index in [9.17, 15) is 9.90 Å². The van der Waals surface area contributed by atoms with E-state index in [1.54, 1.807) is 0 Å². The van der Waals surface area contributed by atoms with Gasteiger partial charge in [-0.05, 0) is 48.4 Å². The number of hydrogen-bond donors (Lipinski definition) is 2. The molecular formula is C21H35N3O2. The van der Waals surface area contributed by atoms with Crippen molar-refractivity contribution in [1.82, 2.24) is 9.80 Å². The molecule has 2 N–H and O–H groups in total. The van der Waals surface area contributed by atoms with Crippen molar-refractivity contribution in [3.63, 3.8) is 0 Å². The zero-order valence-corrected chi connectivity index (χ0v) is 17.0. The van der Waals surface area contributed by atoms with Gasteiger partial charge >= 0.3 is 6.03 Å². The number of urea groups is 1. The van der Waals surface area contributed by atoms with Gasteiger partial charge in [-0.25, -0.2) is 4.79 Å². The molecule has 146 valence electrons. The van der Waals surface area contributed by atoms with Gasteiger partial charge in [0.15, 0.2) is 0 Å². The number of carbonyl (C=O) groups is 1. The Morgan fingerprint density at radius 2 is 2.00 bits per heavy atom. The zero-order chi connectivity index (χ0) is 19.3. The van der Waals surface area contributed by atoms with Crippen molar-refractivity contribution in [2.75, 3.05) is 38.1 Å². The van der Waals surface area contributed by atoms with Crippen LogP contribution in [0.5, 0.6) is 0 Å². The van der Waals surface area contributed by atoms with Crippen LogP contribution in [0.3, 0.4) is 0 Å². The van der Waals surface area contributed by atoms with Crippen LogP contribution in [0.2, 0.25) is 0 Å². The normalized spacial score (nSPS) is 18.6. The van der Waals surface area contributed by atoms with E-state index >= 15 is 0 Å². The van der Waals surface area contributed by atoms with E-state index < -0.39 is 0 Å². The third kappa shape index (κ3) is 5.45. The Balaban J connectivity index is 2.02. The minimum atomic E-state index is -0.0457. The maximum atomic E-state index is 12.7. The van der Waals surface area contributed by atoms with Crippen LogP contribution in [0, 0.1) is 12.8 Å². The topological polar surface area (TPSA) is 55.8 Å². The number of hydrogen-bond acceptors (Lipinski definition) is 3. The number of amides is 2. The average Bonchev–Trinajstić information content (AvgIpc) is 2.57. The second-order valence-electron chi connectivity index (χ2n) is 8.16. The number of nitrogens with one attached hydrogen (secondary N) is 1. The smallest absolute Gasteiger partial charge is 0.321 e. The molecule has 0 saturated carbocycles. The van der Waals surface area contributed by atoms with E-state index in [0.29, 0.717) is 24.8 Å². The van der Waals surface area contributed by atoms with Crippen LogP contribution in [0.25, 0.3) is 0 Å². The van der Waals surface area contributed by atoms with Gasteiger partial charge in [-0.15, -0.1) is 0 Å². The summed E-state index contributed by atoms with van der Waals surface area (Å²) in [6, 6.07) is 6.30. The lowest BCUT2D eigenvalue weighted by Gasteiger charge is -2.42. The van der Waals surface area contributed by atoms with Crippen molar-refractivity contribution in [2.24, 2.45) is 5.92 Å². The molecule has 1 aromatic carbocycles. The third-order valence-corrected chi connectivity index (χ3v) is 5.11. The number of piperazine rings is 1. The molecule has 1 heterocycles. The van der Waals surface area contributed by atoms with Crippen LogP contribution in [0.4, 0.5) is 10.5 Å². The Labute approximate surface area is 158 Å². The van der Waals surface area contributed by atoms with Crippen LogP contribution in [-0.4, -0.2) is 59.8 Å². The summed E-state index contributed by atoms with van der Waals surface area (Å²) >= 11 is 0. The number of anilines is 1. The van der Waals surface area contributed by atoms with Crippen LogP contribution >= 0.6 is 0 Å². The number of nitrogens with zero attached hydrogens (tertiary/aromatic N) is 2. The third-order valence-electron chi connectivity index (χ3n) is 5.11. The van der Waals surface area contributed by atoms with Crippen LogP contribution in [0.1, 0.15) is 51.2 Å². The lowest BCUT2D eigenvalue weighted by molar-refractivity contribution is 0.0689. The highest BCUT2D eigenvalue weighted by atomic mass is 16.3. The molecule has 1 fully saturated rings. The summed E-state index contributed by atoms with van der Waals surface area (Å²) in [5, 5.41) is 12.5. The highest BCUT2D eigenvalue weighted by Crippen LogP contribution is 2.23. The van der Waals surface area contributed by atoms with Gasteiger partial charge in [0.25, 0.3) is 0 Å². The fourth-order valence-electron chi connectivity index (χ4n) is 3.75. The Bertz CT molecular complexity index is 601. The highest BCUT2D eigenvalue weighted by molar-refractivity contribution is 5.89. The molecule has 0 bridgehead atoms. The maximum absolute atomic E-state index is 12.7. The van der Waals surface area contributed by atoms with Gasteiger partial charge in [-0.2, -0.15) is 0 Å². The van der Waals surface area contributed by atoms with Crippen molar-refractivity contribution in [3.05, 3.63) is 29.3 Å². The summed E-state index contributed by atoms with van der Waals surface area (Å²) in [7, 11) is 0. The molecule has 5 heteroatoms. The molecule has 1 aliphatic rings. The minimum Gasteiger partial charge on any atom is -0.396 e. The van der Waals surface area contributed by atoms with Crippen molar-refractivity contribution in [2.45, 2.75) is 53.0 Å². The first-order valence-corrected chi connectivity index (χ1v) is 9.83. The zero-order valence-electron chi connectivity index (χ0n) is 17.0. The second kappa shape index (κ2) is 9.38. The fraction of sp³-hybridized carbons (Fsp3) is 0.667. The summed E-state index contributed by atoms with van der Waals surface area (Å²) in [6.45, 7) is 14.3. The van der Waals surface area contributed by atoms with Gasteiger partial charge in [-0.1, -0.05) is 33.8 Å². The monoisotopic (exact) mass is 361 g/mol. The van der Waals surface area contributed by atoms with Crippen LogP contribution in [0.15, 0.2) is 18.2 Å². The van der Waals surface area contributed by atoms with Crippen LogP contribution in [-0.2, 0) is 0 Å². The number of carbonyl (C=O) groups excluding carboxylic acids is 1. The van der Waals surface area contributed by atoms with Gasteiger partial charge in [-0.3, -0.25) is 4.90 Å². The first-order valence-electron chi connectivity index (χ1n) is 9.83. The lowest BCUT2D eigenvalue weighted by atomic mass is 9.97. The number of benzene rings is 1. The molecule has 2 rings (SSSR count). The summed E-state index contributed by atoms with van der Waals surface area (Å²) in [4.78, 5) is 17.0. The molecule has 2 amide bonds. The van der Waals surface area contributed by atoms with E-state index in [0.717, 1.165) is 25.3 Å². The minimum absolute atomic E-state index is 0.0457. The maximum Gasteiger partial charge on any atom is 0.321 e. The quantitative estimate of drug-likeness (QED) is 0.813. The SMILES string of the molecule is Cc1ccc(NC(=O)N2CCN(CC(C)C)[C@H](CCO)C2)cc1C(C)C. The van der Waals surface area contributed by atoms with E-state index in [4.69, 9.17) is 0 Å². The molecule has 1 aliphatic heterocycles. The van der Waals surface area contributed by atoms with Gasteiger partial charge in [0.05, 0.1) is 0 Å². The predicted octanol–water partition coefficient (Wildman–Crippen LogP) is 3.67. The number of rotatable bonds is 6. The molecule has 0 aromatic heterocycles. The Hall–Kier alpha value is -1.59. The summed E-state index contributed by atoms with van der Waals surface area (Å²) < 4.78 is 0. The fourth-order valence-corrected chi connectivity index (χ4v) is 3.75. The Kier molecular flexibility index (Phi) is 7.47. The number of aliphatic hydroxyl groups excluding tert-OH is 1. The van der Waals surface area contributed by atoms with Crippen LogP contribution < -0.4 is 5.32 Å². The first kappa shape index (κ1) is 20.7. The molecule has 1 saturated heterocycles. The Morgan fingerprint density at radius 1 is 1.27 bits per heavy atom. The molecule has 0 unspecified atom stereocenters. The van der Waals surface area contributed by atoms with E-state index in [1.807, 2.05) is 11.0 Å². The van der Waals surface area contributed by atoms with Crippen molar-refractivity contribution < 1.29 is 9.90 Å². The molecule has 0 spiro atoms. The van der Waals surface area contributed by atoms with Gasteiger partial charge < -0.3 is 15.3 Å². The molecule has 5 nitrogen and oxygen atoms in total. The molecule has 26 heavy (non-hydrogen) atoms. The van der Waals surface area contributed by atoms with Gasteiger partial charge in [0, 0.05) is 44.5 Å². The van der Waals surface area contributed by atoms with Crippen molar-refractivity contribution in [1.29, 1.82) is 0 Å². The van der Waals surface area contributed by atoms with Crippen molar-refractivity contribution in [3.8, 4) is 0 Å². The second-order valence-corrected chi connectivity index (χ2v) is 8.16. The summed E-state index contributed by atoms with van der Waals surface area (Å²) in [6.07, 6.45) is 0.707. The largest absolute Gasteiger partial charge is 0.396 e. The first-order chi connectivity index (χ1) is 12.3. The lowest BCUT2D eigenvalue weighted by Crippen LogP contribution is -2.56. The molecule has 0 radical (unpaired) electrons. The molecular weight excluding hydrogens is 326 g/mol. The number of aliphatic hydroxyl groups is 1. The molecule has 1 atom stereocenters. The molecule has 0 aliphatic carbocycles. The highest BCUT2D eigenvalue weighted by Gasteiger charge is 2.29. The van der Waals surface area contributed by atoms with E-state index in [-0.39, 0.29) is 18.7 Å². The Morgan fingerprint density at radius 3 is 2.62 bits per heavy atom. The predicted molar refractivity (Wildman–Crippen MR) is 108 cm³/mol. The molecule has 1 aromatic rings. The number of aryl methyl sites for hydroxylation is 1. The average molecular weight is 362 g/mol. The standard InChI is InChI=1S/C21H35N3O2/c1-15(2)13-23-9-10-24(14-19(23)8-11-25)21(26)22-18-7-6-17(5)20(12-18)16(3)4/h6-7,12,15-16,19,25H,8-11,13-14H2,1-5H3,(H,22,26)/t19-/m1/s1.